The molecule has 4 nitrogen and oxygen atoms in total. The maximum atomic E-state index is 10.7. The van der Waals surface area contributed by atoms with Crippen molar-refractivity contribution in [3.05, 3.63) is 0 Å². The van der Waals surface area contributed by atoms with Gasteiger partial charge in [-0.15, -0.1) is 0 Å². The number of carbonyl (C=O) groups excluding carboxylic acids is 1. The van der Waals surface area contributed by atoms with Gasteiger partial charge < -0.3 is 0 Å². The quantitative estimate of drug-likeness (QED) is 0.390. The molecule has 0 aromatic rings. The number of hydrogen-bond acceptors (Lipinski definition) is 4. The van der Waals surface area contributed by atoms with Gasteiger partial charge in [0.1, 0.15) is 0 Å². The van der Waals surface area contributed by atoms with Crippen LogP contribution in [0.5, 0.6) is 0 Å². The number of nitrogens with one attached hydrogen (secondary N) is 1. The summed E-state index contributed by atoms with van der Waals surface area (Å²) in [7, 11) is -0.261. The van der Waals surface area contributed by atoms with Crippen LogP contribution in [0.15, 0.2) is 0 Å². The molecular formula is C6H10NO3P. The second kappa shape index (κ2) is 6.17. The van der Waals surface area contributed by atoms with Gasteiger partial charge in [0.2, 0.25) is 0 Å². The molecule has 0 spiro atoms. The Hall–Kier alpha value is -0.560. The van der Waals surface area contributed by atoms with Crippen LogP contribution < -0.4 is 5.32 Å². The van der Waals surface area contributed by atoms with Crippen LogP contribution in [-0.4, -0.2) is 18.6 Å². The van der Waals surface area contributed by atoms with Gasteiger partial charge in [0.15, 0.2) is 0 Å². The number of ether oxygens (including phenoxy) is 1. The molecule has 0 unspecified atom stereocenters. The summed E-state index contributed by atoms with van der Waals surface area (Å²) in [6.45, 7) is 3.53. The van der Waals surface area contributed by atoms with Crippen LogP contribution in [0.1, 0.15) is 13.8 Å². The second-order valence-electron chi connectivity index (χ2n) is 2.10. The van der Waals surface area contributed by atoms with Gasteiger partial charge in [-0.3, -0.25) is 0 Å². The first-order chi connectivity index (χ1) is 5.16. The summed E-state index contributed by atoms with van der Waals surface area (Å²) in [6.07, 6.45) is -0.117. The number of carbonyl (C=O) groups is 1. The molecule has 0 heterocycles. The Morgan fingerprint density at radius 3 is 2.82 bits per heavy atom. The summed E-state index contributed by atoms with van der Waals surface area (Å²) in [4.78, 5) is 10.7. The van der Waals surface area contributed by atoms with Crippen LogP contribution in [-0.2, 0) is 14.1 Å². The summed E-state index contributed by atoms with van der Waals surface area (Å²) < 4.78 is 14.5. The van der Waals surface area contributed by atoms with E-state index < -0.39 is 0 Å². The standard InChI is InChI=1S/C6H10NO3P/c1-5(2)10-6(8)3-7-4-11-9/h5,7H,3H2,1-2H3. The average Bonchev–Trinajstić information content (AvgIpc) is 1.86. The SMILES string of the molecule is CC(C)OC(=O)CNC#P=O. The summed E-state index contributed by atoms with van der Waals surface area (Å²) in [5.41, 5.74) is 0. The fourth-order valence-electron chi connectivity index (χ4n) is 0.449. The monoisotopic (exact) mass is 175 g/mol. The zero-order valence-corrected chi connectivity index (χ0v) is 7.35. The van der Waals surface area contributed by atoms with Gasteiger partial charge in [-0.05, 0) is 0 Å². The van der Waals surface area contributed by atoms with Crippen LogP contribution in [0.4, 0.5) is 0 Å². The van der Waals surface area contributed by atoms with Crippen LogP contribution in [0.25, 0.3) is 0 Å². The third-order valence-electron chi connectivity index (χ3n) is 0.725. The van der Waals surface area contributed by atoms with Gasteiger partial charge >= 0.3 is 65.5 Å². The van der Waals surface area contributed by atoms with Gasteiger partial charge in [0.25, 0.3) is 0 Å². The summed E-state index contributed by atoms with van der Waals surface area (Å²) in [5, 5.41) is 2.39. The molecule has 0 aromatic heterocycles. The molecule has 5 heteroatoms. The van der Waals surface area contributed by atoms with Crippen molar-refractivity contribution in [1.29, 1.82) is 0 Å². The molecule has 1 N–H and O–H groups in total. The zero-order chi connectivity index (χ0) is 8.69. The first kappa shape index (κ1) is 10.4. The van der Waals surface area contributed by atoms with E-state index in [4.69, 9.17) is 4.74 Å². The van der Waals surface area contributed by atoms with E-state index in [0.29, 0.717) is 0 Å². The average molecular weight is 175 g/mol. The Morgan fingerprint density at radius 2 is 2.36 bits per heavy atom. The molecule has 0 saturated heterocycles. The van der Waals surface area contributed by atoms with Crippen molar-refractivity contribution in [3.8, 4) is 5.75 Å². The molecule has 0 atom stereocenters. The maximum absolute atomic E-state index is 10.7. The van der Waals surface area contributed by atoms with Crippen LogP contribution in [0.3, 0.4) is 0 Å². The molecule has 0 amide bonds. The molecule has 0 saturated carbocycles. The first-order valence-corrected chi connectivity index (χ1v) is 3.97. The summed E-state index contributed by atoms with van der Waals surface area (Å²) in [5.74, 6) is 1.84. The van der Waals surface area contributed by atoms with E-state index >= 15 is 0 Å². The van der Waals surface area contributed by atoms with E-state index in [1.165, 1.54) is 0 Å². The zero-order valence-electron chi connectivity index (χ0n) is 6.46. The third kappa shape index (κ3) is 7.34. The minimum atomic E-state index is -0.379. The molecule has 0 fully saturated rings. The predicted octanol–water partition coefficient (Wildman–Crippen LogP) is 0.736. The van der Waals surface area contributed by atoms with Gasteiger partial charge in [0, 0.05) is 0 Å². The van der Waals surface area contributed by atoms with Crippen molar-refractivity contribution in [3.63, 3.8) is 0 Å². The summed E-state index contributed by atoms with van der Waals surface area (Å²) in [6, 6.07) is 0. The molecule has 0 aliphatic rings. The van der Waals surface area contributed by atoms with Crippen LogP contribution >= 0.6 is 7.92 Å². The molecule has 11 heavy (non-hydrogen) atoms. The van der Waals surface area contributed by atoms with Gasteiger partial charge in [-0.1, -0.05) is 0 Å². The molecule has 62 valence electrons. The Labute approximate surface area is 66.4 Å². The Morgan fingerprint density at radius 1 is 1.73 bits per heavy atom. The molecule has 0 radical (unpaired) electrons. The number of rotatable bonds is 3. The molecular weight excluding hydrogens is 165 g/mol. The topological polar surface area (TPSA) is 55.4 Å². The van der Waals surface area contributed by atoms with Crippen molar-refractivity contribution in [2.24, 2.45) is 0 Å². The molecule has 0 rings (SSSR count). The van der Waals surface area contributed by atoms with E-state index in [1.54, 1.807) is 13.8 Å². The van der Waals surface area contributed by atoms with Crippen molar-refractivity contribution in [2.45, 2.75) is 20.0 Å². The van der Waals surface area contributed by atoms with Crippen molar-refractivity contribution < 1.29 is 14.1 Å². The minimum absolute atomic E-state index is 0.00736. The van der Waals surface area contributed by atoms with Gasteiger partial charge in [0.05, 0.1) is 0 Å². The van der Waals surface area contributed by atoms with E-state index in [9.17, 15) is 9.36 Å². The van der Waals surface area contributed by atoms with Crippen molar-refractivity contribution in [2.75, 3.05) is 6.54 Å². The Balaban J connectivity index is 3.50. The molecule has 0 aliphatic heterocycles. The third-order valence-corrected chi connectivity index (χ3v) is 0.974. The molecule has 0 aliphatic carbocycles. The van der Waals surface area contributed by atoms with E-state index in [0.717, 1.165) is 0 Å². The molecule has 0 bridgehead atoms. The van der Waals surface area contributed by atoms with E-state index in [1.807, 2.05) is 0 Å². The fraction of sp³-hybridized carbons (Fsp3) is 0.667. The fourth-order valence-corrected chi connectivity index (χ4v) is 0.592. The van der Waals surface area contributed by atoms with Gasteiger partial charge in [-0.2, -0.15) is 0 Å². The summed E-state index contributed by atoms with van der Waals surface area (Å²) >= 11 is 0. The Kier molecular flexibility index (Phi) is 5.86. The number of hydrogen-bond donors (Lipinski definition) is 1. The second-order valence-corrected chi connectivity index (χ2v) is 2.50. The van der Waals surface area contributed by atoms with Crippen molar-refractivity contribution >= 4 is 13.9 Å². The number of esters is 1. The normalized spacial score (nSPS) is 9.00. The van der Waals surface area contributed by atoms with E-state index in [2.05, 4.69) is 11.1 Å². The Bertz CT molecular complexity index is 219. The molecule has 0 aromatic carbocycles. The van der Waals surface area contributed by atoms with Crippen LogP contribution in [0.2, 0.25) is 0 Å². The van der Waals surface area contributed by atoms with Crippen LogP contribution in [0, 0.1) is 5.75 Å². The van der Waals surface area contributed by atoms with Gasteiger partial charge in [-0.25, -0.2) is 0 Å². The predicted molar refractivity (Wildman–Crippen MR) is 40.7 cm³/mol. The first-order valence-electron chi connectivity index (χ1n) is 3.16. The van der Waals surface area contributed by atoms with Crippen molar-refractivity contribution in [1.82, 2.24) is 5.32 Å². The van der Waals surface area contributed by atoms with E-state index in [-0.39, 0.29) is 26.5 Å².